The van der Waals surface area contributed by atoms with Gasteiger partial charge in [-0.3, -0.25) is 4.79 Å². The number of aryl methyl sites for hydroxylation is 2. The molecule has 0 aliphatic heterocycles. The number of anilines is 1. The van der Waals surface area contributed by atoms with Gasteiger partial charge in [0.1, 0.15) is 17.2 Å². The molecule has 0 spiro atoms. The van der Waals surface area contributed by atoms with Crippen LogP contribution in [-0.2, 0) is 11.8 Å². The Balaban J connectivity index is 1.62. The van der Waals surface area contributed by atoms with Crippen LogP contribution in [-0.4, -0.2) is 40.6 Å². The van der Waals surface area contributed by atoms with E-state index in [-0.39, 0.29) is 17.8 Å². The second kappa shape index (κ2) is 10.4. The molecule has 0 radical (unpaired) electrons. The van der Waals surface area contributed by atoms with Crippen LogP contribution in [0.25, 0.3) is 0 Å². The number of carbonyl (C=O) groups is 1. The fourth-order valence-corrected chi connectivity index (χ4v) is 3.80. The lowest BCUT2D eigenvalue weighted by Crippen LogP contribution is -2.15. The van der Waals surface area contributed by atoms with E-state index in [0.29, 0.717) is 28.2 Å². The third-order valence-electron chi connectivity index (χ3n) is 5.04. The number of nitrogens with zero attached hydrogens (tertiary/aromatic N) is 3. The van der Waals surface area contributed by atoms with Gasteiger partial charge in [0, 0.05) is 13.1 Å². The molecule has 1 unspecified atom stereocenters. The van der Waals surface area contributed by atoms with E-state index in [1.54, 1.807) is 32.4 Å². The normalized spacial score (nSPS) is 11.7. The summed E-state index contributed by atoms with van der Waals surface area (Å²) >= 11 is 1.30. The molecule has 9 heteroatoms. The van der Waals surface area contributed by atoms with Crippen molar-refractivity contribution >= 4 is 23.4 Å². The molecule has 1 atom stereocenters. The zero-order chi connectivity index (χ0) is 23.3. The van der Waals surface area contributed by atoms with E-state index in [4.69, 9.17) is 14.2 Å². The molecule has 1 N–H and O–H groups in total. The van der Waals surface area contributed by atoms with Gasteiger partial charge in [-0.1, -0.05) is 17.8 Å². The second-order valence-electron chi connectivity index (χ2n) is 7.31. The van der Waals surface area contributed by atoms with E-state index in [1.807, 2.05) is 36.7 Å². The summed E-state index contributed by atoms with van der Waals surface area (Å²) in [6.07, 6.45) is -0.293. The number of hydrogen-bond acceptors (Lipinski definition) is 7. The minimum atomic E-state index is -0.293. The highest BCUT2D eigenvalue weighted by molar-refractivity contribution is 7.99. The Morgan fingerprint density at radius 2 is 1.81 bits per heavy atom. The first-order valence-electron chi connectivity index (χ1n) is 10.1. The van der Waals surface area contributed by atoms with E-state index < -0.39 is 0 Å². The summed E-state index contributed by atoms with van der Waals surface area (Å²) in [5, 5.41) is 12.0. The first-order valence-corrected chi connectivity index (χ1v) is 11.1. The summed E-state index contributed by atoms with van der Waals surface area (Å²) in [7, 11) is 4.98. The Morgan fingerprint density at radius 1 is 1.06 bits per heavy atom. The lowest BCUT2D eigenvalue weighted by Gasteiger charge is -2.15. The lowest BCUT2D eigenvalue weighted by molar-refractivity contribution is -0.113. The molecule has 1 amide bonds. The third-order valence-corrected chi connectivity index (χ3v) is 6.06. The largest absolute Gasteiger partial charge is 0.497 e. The van der Waals surface area contributed by atoms with Crippen molar-refractivity contribution in [3.05, 3.63) is 53.3 Å². The molecule has 32 heavy (non-hydrogen) atoms. The van der Waals surface area contributed by atoms with Crippen LogP contribution in [0.5, 0.6) is 17.2 Å². The fourth-order valence-electron chi connectivity index (χ4n) is 3.08. The zero-order valence-corrected chi connectivity index (χ0v) is 19.9. The molecule has 0 saturated carbocycles. The molecule has 3 aromatic rings. The second-order valence-corrected chi connectivity index (χ2v) is 8.25. The summed E-state index contributed by atoms with van der Waals surface area (Å²) in [5.41, 5.74) is 2.93. The smallest absolute Gasteiger partial charge is 0.234 e. The van der Waals surface area contributed by atoms with Crippen molar-refractivity contribution in [3.8, 4) is 17.2 Å². The summed E-state index contributed by atoms with van der Waals surface area (Å²) in [6.45, 7) is 6.04. The summed E-state index contributed by atoms with van der Waals surface area (Å²) in [5.74, 6) is 2.63. The molecule has 8 nitrogen and oxygen atoms in total. The van der Waals surface area contributed by atoms with Crippen molar-refractivity contribution in [1.82, 2.24) is 14.8 Å². The maximum Gasteiger partial charge on any atom is 0.234 e. The van der Waals surface area contributed by atoms with Gasteiger partial charge in [0.25, 0.3) is 0 Å². The number of thioether (sulfide) groups is 1. The van der Waals surface area contributed by atoms with Crippen LogP contribution in [0.2, 0.25) is 0 Å². The molecule has 2 aromatic carbocycles. The van der Waals surface area contributed by atoms with Crippen molar-refractivity contribution < 1.29 is 19.0 Å². The van der Waals surface area contributed by atoms with E-state index >= 15 is 0 Å². The van der Waals surface area contributed by atoms with Crippen LogP contribution in [0, 0.1) is 13.8 Å². The van der Waals surface area contributed by atoms with Gasteiger partial charge in [-0.05, 0) is 56.2 Å². The Kier molecular flexibility index (Phi) is 7.63. The number of benzene rings is 2. The first-order chi connectivity index (χ1) is 15.3. The standard InChI is InChI=1S/C23H28N4O4S/c1-14-7-8-18(11-15(14)2)31-16(3)22-25-26-23(27(22)4)32-13-21(28)24-19-12-17(29-5)9-10-20(19)30-6/h7-12,16H,13H2,1-6H3,(H,24,28). The topological polar surface area (TPSA) is 87.5 Å². The average Bonchev–Trinajstić information content (AvgIpc) is 3.15. The molecule has 0 fully saturated rings. The number of rotatable bonds is 9. The van der Waals surface area contributed by atoms with Gasteiger partial charge in [0.05, 0.1) is 25.7 Å². The molecule has 0 aliphatic rings. The monoisotopic (exact) mass is 456 g/mol. The number of carbonyl (C=O) groups excluding carboxylic acids is 1. The Bertz CT molecular complexity index is 1100. The van der Waals surface area contributed by atoms with Crippen LogP contribution in [0.15, 0.2) is 41.6 Å². The molecule has 170 valence electrons. The van der Waals surface area contributed by atoms with Crippen molar-refractivity contribution in [2.75, 3.05) is 25.3 Å². The molecule has 0 saturated heterocycles. The third kappa shape index (κ3) is 5.53. The van der Waals surface area contributed by atoms with Crippen LogP contribution in [0.1, 0.15) is 30.0 Å². The quantitative estimate of drug-likeness (QED) is 0.480. The van der Waals surface area contributed by atoms with Crippen LogP contribution in [0.3, 0.4) is 0 Å². The molecular formula is C23H28N4O4S. The van der Waals surface area contributed by atoms with Crippen molar-refractivity contribution in [3.63, 3.8) is 0 Å². The van der Waals surface area contributed by atoms with E-state index in [2.05, 4.69) is 29.4 Å². The van der Waals surface area contributed by atoms with Crippen LogP contribution in [0.4, 0.5) is 5.69 Å². The van der Waals surface area contributed by atoms with E-state index in [1.165, 1.54) is 22.9 Å². The number of ether oxygens (including phenoxy) is 3. The van der Waals surface area contributed by atoms with Gasteiger partial charge >= 0.3 is 0 Å². The van der Waals surface area contributed by atoms with Crippen molar-refractivity contribution in [1.29, 1.82) is 0 Å². The SMILES string of the molecule is COc1ccc(OC)c(NC(=O)CSc2nnc(C(C)Oc3ccc(C)c(C)c3)n2C)c1. The molecule has 1 aromatic heterocycles. The fraction of sp³-hybridized carbons (Fsp3) is 0.348. The highest BCUT2D eigenvalue weighted by Gasteiger charge is 2.19. The number of methoxy groups -OCH3 is 2. The highest BCUT2D eigenvalue weighted by atomic mass is 32.2. The molecule has 0 aliphatic carbocycles. The van der Waals surface area contributed by atoms with E-state index in [9.17, 15) is 4.79 Å². The number of hydrogen-bond donors (Lipinski definition) is 1. The Morgan fingerprint density at radius 3 is 2.50 bits per heavy atom. The van der Waals surface area contributed by atoms with Gasteiger partial charge < -0.3 is 24.1 Å². The highest BCUT2D eigenvalue weighted by Crippen LogP contribution is 2.29. The summed E-state index contributed by atoms with van der Waals surface area (Å²) in [4.78, 5) is 12.5. The predicted molar refractivity (Wildman–Crippen MR) is 125 cm³/mol. The van der Waals surface area contributed by atoms with E-state index in [0.717, 1.165) is 5.75 Å². The number of amides is 1. The first kappa shape index (κ1) is 23.5. The summed E-state index contributed by atoms with van der Waals surface area (Å²) in [6, 6.07) is 11.2. The maximum absolute atomic E-state index is 12.5. The van der Waals surface area contributed by atoms with Gasteiger partial charge in [0.2, 0.25) is 5.91 Å². The molecule has 1 heterocycles. The minimum absolute atomic E-state index is 0.165. The predicted octanol–water partition coefficient (Wildman–Crippen LogP) is 4.32. The van der Waals surface area contributed by atoms with Gasteiger partial charge in [-0.2, -0.15) is 0 Å². The number of aromatic nitrogens is 3. The Labute approximate surface area is 192 Å². The molecular weight excluding hydrogens is 428 g/mol. The van der Waals surface area contributed by atoms with Crippen molar-refractivity contribution in [2.45, 2.75) is 32.0 Å². The van der Waals surface area contributed by atoms with Gasteiger partial charge in [0.15, 0.2) is 17.1 Å². The summed E-state index contributed by atoms with van der Waals surface area (Å²) < 4.78 is 18.4. The average molecular weight is 457 g/mol. The minimum Gasteiger partial charge on any atom is -0.497 e. The van der Waals surface area contributed by atoms with Crippen LogP contribution >= 0.6 is 11.8 Å². The van der Waals surface area contributed by atoms with Crippen molar-refractivity contribution in [2.24, 2.45) is 7.05 Å². The number of nitrogens with one attached hydrogen (secondary N) is 1. The van der Waals surface area contributed by atoms with Crippen LogP contribution < -0.4 is 19.5 Å². The molecule has 0 bridgehead atoms. The zero-order valence-electron chi connectivity index (χ0n) is 19.1. The lowest BCUT2D eigenvalue weighted by atomic mass is 10.1. The van der Waals surface area contributed by atoms with Gasteiger partial charge in [-0.25, -0.2) is 0 Å². The van der Waals surface area contributed by atoms with Gasteiger partial charge in [-0.15, -0.1) is 10.2 Å². The maximum atomic E-state index is 12.5. The Hall–Kier alpha value is -3.20. The molecule has 3 rings (SSSR count).